The average molecular weight is 288 g/mol. The van der Waals surface area contributed by atoms with Gasteiger partial charge < -0.3 is 5.73 Å². The average Bonchev–Trinajstić information content (AvgIpc) is 2.16. The third kappa shape index (κ3) is 5.23. The molecule has 0 amide bonds. The van der Waals surface area contributed by atoms with Gasteiger partial charge in [-0.3, -0.25) is 0 Å². The van der Waals surface area contributed by atoms with Crippen molar-refractivity contribution in [3.05, 3.63) is 23.2 Å². The van der Waals surface area contributed by atoms with E-state index in [1.807, 2.05) is 0 Å². The van der Waals surface area contributed by atoms with Gasteiger partial charge in [-0.1, -0.05) is 23.4 Å². The highest BCUT2D eigenvalue weighted by molar-refractivity contribution is 8.03. The number of alkyl halides is 3. The zero-order chi connectivity index (χ0) is 12.2. The number of thioether (sulfide) groups is 2. The van der Waals surface area contributed by atoms with E-state index in [0.717, 1.165) is 0 Å². The van der Waals surface area contributed by atoms with Gasteiger partial charge in [0.15, 0.2) is 0 Å². The maximum absolute atomic E-state index is 11.8. The number of hydrogen-bond acceptors (Lipinski definition) is 3. The van der Waals surface area contributed by atoms with Crippen molar-refractivity contribution in [3.63, 3.8) is 0 Å². The Labute approximate surface area is 105 Å². The summed E-state index contributed by atoms with van der Waals surface area (Å²) in [7, 11) is 0. The minimum Gasteiger partial charge on any atom is -0.399 e. The minimum atomic E-state index is -4.17. The fourth-order valence-electron chi connectivity index (χ4n) is 0.940. The predicted octanol–water partition coefficient (Wildman–Crippen LogP) is 4.27. The molecular weight excluding hydrogens is 279 g/mol. The largest absolute Gasteiger partial charge is 0.441 e. The molecule has 0 unspecified atom stereocenters. The van der Waals surface area contributed by atoms with Crippen LogP contribution in [0.5, 0.6) is 0 Å². The second kappa shape index (κ2) is 5.93. The van der Waals surface area contributed by atoms with Gasteiger partial charge in [0.2, 0.25) is 0 Å². The molecule has 7 heteroatoms. The highest BCUT2D eigenvalue weighted by Crippen LogP contribution is 2.33. The van der Waals surface area contributed by atoms with Gasteiger partial charge in [-0.2, -0.15) is 13.2 Å². The third-order valence-corrected chi connectivity index (χ3v) is 4.05. The highest BCUT2D eigenvalue weighted by atomic mass is 35.5. The normalized spacial score (nSPS) is 11.8. The van der Waals surface area contributed by atoms with Gasteiger partial charge in [-0.05, 0) is 18.2 Å². The van der Waals surface area contributed by atoms with Gasteiger partial charge in [0.1, 0.15) is 0 Å². The van der Waals surface area contributed by atoms with Crippen molar-refractivity contribution in [1.82, 2.24) is 0 Å². The van der Waals surface area contributed by atoms with E-state index in [0.29, 0.717) is 21.4 Å². The van der Waals surface area contributed by atoms with Gasteiger partial charge in [0, 0.05) is 22.1 Å². The number of nitrogens with two attached hydrogens (primary N) is 1. The van der Waals surface area contributed by atoms with Gasteiger partial charge in [0.25, 0.3) is 0 Å². The summed E-state index contributed by atoms with van der Waals surface area (Å²) in [6.07, 6.45) is 0. The van der Waals surface area contributed by atoms with E-state index in [9.17, 15) is 13.2 Å². The van der Waals surface area contributed by atoms with E-state index in [4.69, 9.17) is 17.3 Å². The van der Waals surface area contributed by atoms with Gasteiger partial charge in [-0.25, -0.2) is 0 Å². The molecule has 0 spiro atoms. The zero-order valence-corrected chi connectivity index (χ0v) is 10.4. The van der Waals surface area contributed by atoms with E-state index >= 15 is 0 Å². The molecule has 1 rings (SSSR count). The topological polar surface area (TPSA) is 26.0 Å². The van der Waals surface area contributed by atoms with Gasteiger partial charge in [-0.15, -0.1) is 11.8 Å². The lowest BCUT2D eigenvalue weighted by Gasteiger charge is -2.06. The molecule has 0 bridgehead atoms. The van der Waals surface area contributed by atoms with Crippen LogP contribution in [0.3, 0.4) is 0 Å². The Morgan fingerprint density at radius 1 is 1.25 bits per heavy atom. The zero-order valence-electron chi connectivity index (χ0n) is 8.05. The van der Waals surface area contributed by atoms with Crippen LogP contribution < -0.4 is 5.73 Å². The molecule has 0 radical (unpaired) electrons. The number of rotatable bonds is 4. The van der Waals surface area contributed by atoms with Crippen molar-refractivity contribution < 1.29 is 13.2 Å². The monoisotopic (exact) mass is 287 g/mol. The number of hydrogen-bond donors (Lipinski definition) is 1. The number of halogens is 4. The standard InChI is InChI=1S/C9H9ClF3NS2/c10-7-2-1-6(14)5-8(7)15-3-4-16-9(11,12)13/h1-2,5H,3-4,14H2. The first-order valence-corrected chi connectivity index (χ1v) is 6.62. The lowest BCUT2D eigenvalue weighted by molar-refractivity contribution is -0.0326. The molecule has 2 N–H and O–H groups in total. The molecular formula is C9H9ClF3NS2. The Morgan fingerprint density at radius 2 is 1.94 bits per heavy atom. The summed E-state index contributed by atoms with van der Waals surface area (Å²) >= 11 is 7.10. The summed E-state index contributed by atoms with van der Waals surface area (Å²) < 4.78 is 35.5. The van der Waals surface area contributed by atoms with Crippen LogP contribution in [0, 0.1) is 0 Å². The molecule has 90 valence electrons. The van der Waals surface area contributed by atoms with Crippen LogP contribution in [-0.2, 0) is 0 Å². The molecule has 0 aromatic heterocycles. The smallest absolute Gasteiger partial charge is 0.399 e. The van der Waals surface area contributed by atoms with Crippen LogP contribution in [-0.4, -0.2) is 17.0 Å². The van der Waals surface area contributed by atoms with Crippen molar-refractivity contribution in [2.75, 3.05) is 17.2 Å². The summed E-state index contributed by atoms with van der Waals surface area (Å²) in [6.45, 7) is 0. The predicted molar refractivity (Wildman–Crippen MR) is 65.1 cm³/mol. The summed E-state index contributed by atoms with van der Waals surface area (Å²) in [5.41, 5.74) is 1.93. The van der Waals surface area contributed by atoms with Crippen molar-refractivity contribution in [1.29, 1.82) is 0 Å². The molecule has 0 heterocycles. The minimum absolute atomic E-state index is 0.000700. The SMILES string of the molecule is Nc1ccc(Cl)c(SCCSC(F)(F)F)c1. The molecule has 1 aromatic carbocycles. The summed E-state index contributed by atoms with van der Waals surface area (Å²) in [5, 5.41) is 0.510. The summed E-state index contributed by atoms with van der Waals surface area (Å²) in [4.78, 5) is 0.712. The molecule has 0 aliphatic rings. The molecule has 0 aliphatic carbocycles. The lowest BCUT2D eigenvalue weighted by Crippen LogP contribution is -2.02. The number of anilines is 1. The fourth-order valence-corrected chi connectivity index (χ4v) is 2.76. The van der Waals surface area contributed by atoms with Crippen LogP contribution in [0.15, 0.2) is 23.1 Å². The number of nitrogen functional groups attached to an aromatic ring is 1. The second-order valence-corrected chi connectivity index (χ2v) is 5.54. The Balaban J connectivity index is 2.40. The van der Waals surface area contributed by atoms with Gasteiger partial charge in [0.05, 0.1) is 5.02 Å². The van der Waals surface area contributed by atoms with Crippen LogP contribution >= 0.6 is 35.1 Å². The maximum Gasteiger partial charge on any atom is 0.441 e. The Kier molecular flexibility index (Phi) is 5.14. The Bertz CT molecular complexity index is 357. The first kappa shape index (κ1) is 13.9. The van der Waals surface area contributed by atoms with E-state index < -0.39 is 5.51 Å². The molecule has 16 heavy (non-hydrogen) atoms. The van der Waals surface area contributed by atoms with Crippen molar-refractivity contribution in [2.24, 2.45) is 0 Å². The van der Waals surface area contributed by atoms with Crippen molar-refractivity contribution >= 4 is 40.8 Å². The van der Waals surface area contributed by atoms with Crippen LogP contribution in [0.4, 0.5) is 18.9 Å². The van der Waals surface area contributed by atoms with Crippen molar-refractivity contribution in [3.8, 4) is 0 Å². The first-order chi connectivity index (χ1) is 7.38. The maximum atomic E-state index is 11.8. The van der Waals surface area contributed by atoms with E-state index in [2.05, 4.69) is 0 Å². The van der Waals surface area contributed by atoms with E-state index in [1.165, 1.54) is 11.8 Å². The van der Waals surface area contributed by atoms with Crippen molar-refractivity contribution in [2.45, 2.75) is 10.4 Å². The van der Waals surface area contributed by atoms with Crippen LogP contribution in [0.1, 0.15) is 0 Å². The molecule has 0 saturated carbocycles. The van der Waals surface area contributed by atoms with E-state index in [-0.39, 0.29) is 17.5 Å². The molecule has 1 aromatic rings. The Morgan fingerprint density at radius 3 is 2.56 bits per heavy atom. The highest BCUT2D eigenvalue weighted by Gasteiger charge is 2.27. The lowest BCUT2D eigenvalue weighted by atomic mass is 10.3. The number of benzene rings is 1. The summed E-state index contributed by atoms with van der Waals surface area (Å²) in [5.74, 6) is 0.340. The fraction of sp³-hybridized carbons (Fsp3) is 0.333. The summed E-state index contributed by atoms with van der Waals surface area (Å²) in [6, 6.07) is 4.94. The first-order valence-electron chi connectivity index (χ1n) is 4.27. The molecule has 0 fully saturated rings. The second-order valence-electron chi connectivity index (χ2n) is 2.83. The quantitative estimate of drug-likeness (QED) is 0.509. The third-order valence-electron chi connectivity index (χ3n) is 1.56. The molecule has 0 aliphatic heterocycles. The van der Waals surface area contributed by atoms with Crippen LogP contribution in [0.25, 0.3) is 0 Å². The van der Waals surface area contributed by atoms with E-state index in [1.54, 1.807) is 18.2 Å². The molecule has 1 nitrogen and oxygen atoms in total. The Hall–Kier alpha value is -0.200. The van der Waals surface area contributed by atoms with Crippen LogP contribution in [0.2, 0.25) is 5.02 Å². The molecule has 0 atom stereocenters. The molecule has 0 saturated heterocycles. The van der Waals surface area contributed by atoms with Gasteiger partial charge >= 0.3 is 5.51 Å².